The molecule has 1 aliphatic rings. The zero-order valence-electron chi connectivity index (χ0n) is 28.1. The van der Waals surface area contributed by atoms with Gasteiger partial charge >= 0.3 is 23.5 Å². The van der Waals surface area contributed by atoms with Crippen LogP contribution in [0.15, 0.2) is 24.1 Å². The van der Waals surface area contributed by atoms with Crippen molar-refractivity contribution in [1.29, 1.82) is 0 Å². The number of phosphoric acid groups is 3. The number of carbonyl (C=O) groups excluding carboxylic acids is 2. The second kappa shape index (κ2) is 17.8. The van der Waals surface area contributed by atoms with Crippen molar-refractivity contribution in [1.82, 2.24) is 30.2 Å². The molecule has 10 N–H and O–H groups in total. The van der Waals surface area contributed by atoms with E-state index in [4.69, 9.17) is 19.5 Å². The number of hydrogen-bond donors (Lipinski definition) is 9. The summed E-state index contributed by atoms with van der Waals surface area (Å²) in [6, 6.07) is 0. The first-order valence-electron chi connectivity index (χ1n) is 15.1. The van der Waals surface area contributed by atoms with Gasteiger partial charge in [0.25, 0.3) is 0 Å². The summed E-state index contributed by atoms with van der Waals surface area (Å²) in [7, 11) is -19.7. The number of anilines is 1. The number of aromatic nitrogens is 4. The highest BCUT2D eigenvalue weighted by Crippen LogP contribution is 2.61. The molecule has 0 aliphatic carbocycles. The van der Waals surface area contributed by atoms with Gasteiger partial charge in [-0.2, -0.15) is 4.31 Å². The first-order chi connectivity index (χ1) is 24.3. The van der Waals surface area contributed by atoms with Crippen molar-refractivity contribution in [2.75, 3.05) is 38.3 Å². The van der Waals surface area contributed by atoms with Gasteiger partial charge in [0.05, 0.1) is 19.5 Å². The number of carbonyl (C=O) groups is 2. The van der Waals surface area contributed by atoms with Gasteiger partial charge in [-0.3, -0.25) is 27.7 Å². The summed E-state index contributed by atoms with van der Waals surface area (Å²) in [5.74, 6) is -1.54. The van der Waals surface area contributed by atoms with Crippen molar-refractivity contribution in [3.8, 4) is 0 Å². The van der Waals surface area contributed by atoms with Gasteiger partial charge in [0.1, 0.15) is 36.3 Å². The van der Waals surface area contributed by atoms with E-state index in [0.717, 1.165) is 28.9 Å². The summed E-state index contributed by atoms with van der Waals surface area (Å²) in [4.78, 5) is 75.1. The number of nitrogens with two attached hydrogens (primary N) is 1. The number of aliphatic hydroxyl groups excluding tert-OH is 2. The molecule has 7 atom stereocenters. The fourth-order valence-corrected chi connectivity index (χ4v) is 7.79. The Balaban J connectivity index is 1.53. The molecule has 2 aromatic heterocycles. The van der Waals surface area contributed by atoms with E-state index in [1.54, 1.807) is 0 Å². The second-order valence-corrected chi connectivity index (χ2v) is 18.2. The Morgan fingerprint density at radius 1 is 1.09 bits per heavy atom. The molecular formula is C24H40N7O18P3S. The van der Waals surface area contributed by atoms with Crippen molar-refractivity contribution in [2.45, 2.75) is 57.3 Å². The Labute approximate surface area is 301 Å². The minimum atomic E-state index is -5.57. The molecule has 25 nitrogen and oxygen atoms in total. The number of nitrogen functional groups attached to an aromatic ring is 1. The standard InChI is InChI=1S/C24H40N7O18P3S/c1-24(2,19(34)22(35)27-8-6-15(32)26-7-4-5-9-53(3,43)44)11-46-52(41,42)49-51(39,40)45-10-14-18(48-50(36,37)38)17(33)23(47-14)31-13-30-16-20(25)28-12-29-21(16)31/h5,9,12-14,17-19,23,33-34H,4,6-8,10-11H2,1-3H3,(H,26,32)(H,27,35)(H,39,40)(H,41,42)(H2,25,28,29)(H2,36,37,38). The fourth-order valence-electron chi connectivity index (χ4n) is 4.48. The third-order valence-electron chi connectivity index (χ3n) is 7.05. The lowest BCUT2D eigenvalue weighted by molar-refractivity contribution is -0.137. The number of rotatable bonds is 20. The summed E-state index contributed by atoms with van der Waals surface area (Å²) in [6.45, 7) is 0.315. The van der Waals surface area contributed by atoms with Crippen LogP contribution in [0.25, 0.3) is 11.2 Å². The smallest absolute Gasteiger partial charge is 0.386 e. The highest BCUT2D eigenvalue weighted by Gasteiger charge is 2.50. The average Bonchev–Trinajstić information content (AvgIpc) is 3.58. The SMILES string of the molecule is CC(C)(COP(=O)(O)OP(=O)(O)OCC1OC(n2cnc3c(N)ncnc32)C(O)C1OP(=O)(O)O)C(O)C(=O)NCCC(=O)NCCC=CS(C)(=O)=O. The molecule has 7 unspecified atom stereocenters. The number of nitrogens with one attached hydrogen (secondary N) is 2. The Kier molecular flexibility index (Phi) is 15.0. The Bertz CT molecular complexity index is 1910. The van der Waals surface area contributed by atoms with Crippen LogP contribution in [0.5, 0.6) is 0 Å². The molecule has 3 rings (SSSR count). The third kappa shape index (κ3) is 13.8. The molecule has 1 aliphatic heterocycles. The van der Waals surface area contributed by atoms with E-state index in [1.807, 2.05) is 0 Å². The van der Waals surface area contributed by atoms with E-state index in [-0.39, 0.29) is 42.9 Å². The quantitative estimate of drug-likeness (QED) is 0.0533. The Morgan fingerprint density at radius 2 is 1.75 bits per heavy atom. The lowest BCUT2D eigenvalue weighted by Crippen LogP contribution is -2.46. The number of phosphoric ester groups is 3. The van der Waals surface area contributed by atoms with Gasteiger partial charge in [-0.15, -0.1) is 0 Å². The van der Waals surface area contributed by atoms with Gasteiger partial charge in [0.15, 0.2) is 27.5 Å². The molecule has 29 heteroatoms. The van der Waals surface area contributed by atoms with Crippen LogP contribution >= 0.6 is 23.5 Å². The summed E-state index contributed by atoms with van der Waals surface area (Å²) >= 11 is 0. The highest BCUT2D eigenvalue weighted by atomic mass is 32.2. The van der Waals surface area contributed by atoms with E-state index in [9.17, 15) is 61.5 Å². The summed E-state index contributed by atoms with van der Waals surface area (Å²) in [6.07, 6.45) is -4.41. The van der Waals surface area contributed by atoms with Crippen LogP contribution in [0.4, 0.5) is 5.82 Å². The minimum absolute atomic E-state index is 0.0241. The van der Waals surface area contributed by atoms with Crippen LogP contribution in [0.3, 0.4) is 0 Å². The van der Waals surface area contributed by atoms with Crippen molar-refractivity contribution in [3.63, 3.8) is 0 Å². The fraction of sp³-hybridized carbons (Fsp3) is 0.625. The molecule has 2 amide bonds. The van der Waals surface area contributed by atoms with Crippen LogP contribution in [-0.4, -0.2) is 127 Å². The van der Waals surface area contributed by atoms with Crippen molar-refractivity contribution < 1.29 is 84.1 Å². The monoisotopic (exact) mass is 839 g/mol. The zero-order chi connectivity index (χ0) is 40.0. The number of fused-ring (bicyclic) bond motifs is 1. The van der Waals surface area contributed by atoms with Gasteiger partial charge in [0.2, 0.25) is 11.8 Å². The maximum Gasteiger partial charge on any atom is 0.481 e. The average molecular weight is 840 g/mol. The van der Waals surface area contributed by atoms with E-state index in [1.165, 1.54) is 19.9 Å². The molecule has 0 aromatic carbocycles. The van der Waals surface area contributed by atoms with Gasteiger partial charge in [-0.05, 0) is 6.42 Å². The van der Waals surface area contributed by atoms with E-state index in [0.29, 0.717) is 0 Å². The van der Waals surface area contributed by atoms with Crippen molar-refractivity contribution in [3.05, 3.63) is 24.1 Å². The zero-order valence-corrected chi connectivity index (χ0v) is 31.6. The van der Waals surface area contributed by atoms with Crippen LogP contribution in [-0.2, 0) is 55.7 Å². The predicted molar refractivity (Wildman–Crippen MR) is 178 cm³/mol. The lowest BCUT2D eigenvalue weighted by Gasteiger charge is -2.30. The third-order valence-corrected chi connectivity index (χ3v) is 10.8. The molecule has 53 heavy (non-hydrogen) atoms. The van der Waals surface area contributed by atoms with Crippen LogP contribution in [0.2, 0.25) is 0 Å². The van der Waals surface area contributed by atoms with Crippen LogP contribution < -0.4 is 16.4 Å². The molecule has 1 saturated heterocycles. The summed E-state index contributed by atoms with van der Waals surface area (Å²) in [5.41, 5.74) is 4.22. The first kappa shape index (κ1) is 44.6. The number of aliphatic hydroxyl groups is 2. The molecule has 3 heterocycles. The lowest BCUT2D eigenvalue weighted by atomic mass is 9.87. The Hall–Kier alpha value is -2.77. The normalized spacial score (nSPS) is 22.7. The molecule has 0 saturated carbocycles. The van der Waals surface area contributed by atoms with E-state index in [2.05, 4.69) is 34.4 Å². The maximum atomic E-state index is 12.6. The minimum Gasteiger partial charge on any atom is -0.386 e. The topological polar surface area (TPSA) is 381 Å². The number of amides is 2. The largest absolute Gasteiger partial charge is 0.481 e. The molecule has 0 radical (unpaired) electrons. The van der Waals surface area contributed by atoms with Gasteiger partial charge in [0, 0.05) is 36.6 Å². The van der Waals surface area contributed by atoms with Crippen molar-refractivity contribution in [2.24, 2.45) is 5.41 Å². The van der Waals surface area contributed by atoms with Crippen LogP contribution in [0.1, 0.15) is 32.9 Å². The number of sulfone groups is 1. The second-order valence-electron chi connectivity index (χ2n) is 12.1. The predicted octanol–water partition coefficient (Wildman–Crippen LogP) is -1.65. The summed E-state index contributed by atoms with van der Waals surface area (Å²) in [5, 5.41) is 27.1. The van der Waals surface area contributed by atoms with E-state index >= 15 is 0 Å². The maximum absolute atomic E-state index is 12.6. The summed E-state index contributed by atoms with van der Waals surface area (Å²) < 4.78 is 83.9. The number of nitrogens with zero attached hydrogens (tertiary/aromatic N) is 4. The number of hydrogen-bond acceptors (Lipinski definition) is 18. The first-order valence-corrected chi connectivity index (χ1v) is 21.5. The molecule has 2 aromatic rings. The Morgan fingerprint density at radius 3 is 2.40 bits per heavy atom. The van der Waals surface area contributed by atoms with Gasteiger partial charge in [-0.1, -0.05) is 19.9 Å². The number of ether oxygens (including phenoxy) is 1. The molecule has 1 fully saturated rings. The molecule has 0 spiro atoms. The van der Waals surface area contributed by atoms with Gasteiger partial charge in [-0.25, -0.2) is 37.1 Å². The number of imidazole rings is 1. The van der Waals surface area contributed by atoms with Gasteiger partial charge < -0.3 is 50.9 Å². The molecule has 0 bridgehead atoms. The molecule has 300 valence electrons. The van der Waals surface area contributed by atoms with Crippen molar-refractivity contribution >= 4 is 62.1 Å². The molecular weight excluding hydrogens is 799 g/mol. The van der Waals surface area contributed by atoms with E-state index < -0.39 is 94.4 Å². The van der Waals surface area contributed by atoms with Crippen LogP contribution in [0, 0.1) is 5.41 Å². The highest BCUT2D eigenvalue weighted by molar-refractivity contribution is 7.93.